The molecule has 134 valence electrons. The van der Waals surface area contributed by atoms with E-state index in [-0.39, 0.29) is 0 Å². The minimum atomic E-state index is -1.82. The van der Waals surface area contributed by atoms with Gasteiger partial charge in [0.2, 0.25) is 0 Å². The van der Waals surface area contributed by atoms with Gasteiger partial charge in [0, 0.05) is 44.1 Å². The average Bonchev–Trinajstić information content (AvgIpc) is 3.11. The molecule has 1 aromatic heterocycles. The smallest absolute Gasteiger partial charge is 0.414 e. The maximum atomic E-state index is 9.10. The predicted octanol–water partition coefficient (Wildman–Crippen LogP) is 2.22. The molecule has 2 aromatic rings. The molecule has 0 spiro atoms. The maximum Gasteiger partial charge on any atom is 0.414 e. The van der Waals surface area contributed by atoms with Gasteiger partial charge in [-0.3, -0.25) is 9.80 Å². The molecule has 3 rings (SSSR count). The van der Waals surface area contributed by atoms with Crippen molar-refractivity contribution in [1.82, 2.24) is 9.80 Å². The van der Waals surface area contributed by atoms with Crippen molar-refractivity contribution in [3.63, 3.8) is 0 Å². The summed E-state index contributed by atoms with van der Waals surface area (Å²) in [4.78, 5) is 24.8. The van der Waals surface area contributed by atoms with Crippen molar-refractivity contribution in [2.24, 2.45) is 0 Å². The van der Waals surface area contributed by atoms with Gasteiger partial charge in [-0.15, -0.1) is 11.3 Å². The average molecular weight is 362 g/mol. The van der Waals surface area contributed by atoms with Gasteiger partial charge >= 0.3 is 11.9 Å². The lowest BCUT2D eigenvalue weighted by Gasteiger charge is -2.34. The molecule has 0 radical (unpaired) electrons. The molecule has 6 nitrogen and oxygen atoms in total. The number of thiophene rings is 1. The molecule has 0 unspecified atom stereocenters. The van der Waals surface area contributed by atoms with Crippen LogP contribution < -0.4 is 0 Å². The molecule has 1 aromatic carbocycles. The second kappa shape index (κ2) is 9.93. The second-order valence-corrected chi connectivity index (χ2v) is 6.76. The molecule has 1 fully saturated rings. The number of hydrogen-bond donors (Lipinski definition) is 2. The molecule has 2 N–H and O–H groups in total. The topological polar surface area (TPSA) is 81.1 Å². The van der Waals surface area contributed by atoms with Crippen LogP contribution in [0.25, 0.3) is 0 Å². The summed E-state index contributed by atoms with van der Waals surface area (Å²) in [6.07, 6.45) is 0. The van der Waals surface area contributed by atoms with Crippen molar-refractivity contribution in [3.05, 3.63) is 58.3 Å². The summed E-state index contributed by atoms with van der Waals surface area (Å²) in [6.45, 7) is 6.94. The van der Waals surface area contributed by atoms with Crippen LogP contribution in [0, 0.1) is 0 Å². The van der Waals surface area contributed by atoms with E-state index in [1.165, 1.54) is 36.6 Å². The van der Waals surface area contributed by atoms with E-state index >= 15 is 0 Å². The van der Waals surface area contributed by atoms with Gasteiger partial charge in [-0.25, -0.2) is 9.59 Å². The van der Waals surface area contributed by atoms with Crippen LogP contribution >= 0.6 is 11.3 Å². The highest BCUT2D eigenvalue weighted by Gasteiger charge is 2.17. The molecule has 7 heteroatoms. The summed E-state index contributed by atoms with van der Waals surface area (Å²) >= 11 is 1.86. The quantitative estimate of drug-likeness (QED) is 0.812. The van der Waals surface area contributed by atoms with E-state index in [1.54, 1.807) is 0 Å². The lowest BCUT2D eigenvalue weighted by atomic mass is 10.2. The molecule has 25 heavy (non-hydrogen) atoms. The Labute approximate surface area is 150 Å². The third-order valence-electron chi connectivity index (χ3n) is 3.86. The number of carboxylic acid groups (broad SMARTS) is 2. The first-order valence-corrected chi connectivity index (χ1v) is 8.90. The van der Waals surface area contributed by atoms with Crippen LogP contribution in [-0.2, 0) is 22.7 Å². The molecule has 0 atom stereocenters. The third kappa shape index (κ3) is 7.04. The summed E-state index contributed by atoms with van der Waals surface area (Å²) < 4.78 is 0. The number of nitrogens with zero attached hydrogens (tertiary/aromatic N) is 2. The summed E-state index contributed by atoms with van der Waals surface area (Å²) in [5.74, 6) is -3.65. The molecule has 0 amide bonds. The largest absolute Gasteiger partial charge is 0.473 e. The molecular formula is C18H22N2O4S. The fourth-order valence-electron chi connectivity index (χ4n) is 2.57. The van der Waals surface area contributed by atoms with E-state index in [0.29, 0.717) is 0 Å². The number of benzene rings is 1. The number of carboxylic acids is 2. The number of hydrogen-bond acceptors (Lipinski definition) is 5. The van der Waals surface area contributed by atoms with Gasteiger partial charge in [0.05, 0.1) is 0 Å². The SMILES string of the molecule is O=C(O)C(=O)O.c1ccc(CN2CCN(Cc3cccs3)CC2)cc1. The fourth-order valence-corrected chi connectivity index (χ4v) is 3.32. The molecule has 2 heterocycles. The minimum absolute atomic E-state index is 1.09. The Balaban J connectivity index is 0.000000326. The van der Waals surface area contributed by atoms with Crippen molar-refractivity contribution < 1.29 is 19.8 Å². The highest BCUT2D eigenvalue weighted by atomic mass is 32.1. The Hall–Kier alpha value is -2.22. The summed E-state index contributed by atoms with van der Waals surface area (Å²) in [6, 6.07) is 15.2. The summed E-state index contributed by atoms with van der Waals surface area (Å²) in [7, 11) is 0. The first kappa shape index (κ1) is 19.1. The Morgan fingerprint density at radius 1 is 0.840 bits per heavy atom. The standard InChI is InChI=1S/C16H20N2S.C2H2O4/c1-2-5-15(6-3-1)13-17-8-10-18(11-9-17)14-16-7-4-12-19-16;3-1(4)2(5)6/h1-7,12H,8-11,13-14H2;(H,3,4)(H,5,6). The van der Waals surface area contributed by atoms with Crippen LogP contribution in [0.3, 0.4) is 0 Å². The number of aliphatic carboxylic acids is 2. The highest BCUT2D eigenvalue weighted by Crippen LogP contribution is 2.14. The maximum absolute atomic E-state index is 9.10. The molecule has 1 aliphatic heterocycles. The highest BCUT2D eigenvalue weighted by molar-refractivity contribution is 7.09. The number of rotatable bonds is 4. The first-order valence-electron chi connectivity index (χ1n) is 8.02. The van der Waals surface area contributed by atoms with Gasteiger partial charge in [-0.05, 0) is 17.0 Å². The van der Waals surface area contributed by atoms with E-state index in [2.05, 4.69) is 57.6 Å². The predicted molar refractivity (Wildman–Crippen MR) is 96.6 cm³/mol. The van der Waals surface area contributed by atoms with Crippen LogP contribution in [0.15, 0.2) is 47.8 Å². The van der Waals surface area contributed by atoms with Crippen molar-refractivity contribution >= 4 is 23.3 Å². The van der Waals surface area contributed by atoms with E-state index in [4.69, 9.17) is 19.8 Å². The van der Waals surface area contributed by atoms with Crippen LogP contribution in [0.5, 0.6) is 0 Å². The second-order valence-electron chi connectivity index (χ2n) is 5.73. The third-order valence-corrected chi connectivity index (χ3v) is 4.72. The Bertz CT molecular complexity index is 641. The zero-order valence-corrected chi connectivity index (χ0v) is 14.7. The van der Waals surface area contributed by atoms with Crippen LogP contribution in [0.1, 0.15) is 10.4 Å². The van der Waals surface area contributed by atoms with Gasteiger partial charge in [0.25, 0.3) is 0 Å². The summed E-state index contributed by atoms with van der Waals surface area (Å²) in [5, 5.41) is 17.0. The molecule has 0 bridgehead atoms. The monoisotopic (exact) mass is 362 g/mol. The van der Waals surface area contributed by atoms with Crippen molar-refractivity contribution in [2.75, 3.05) is 26.2 Å². The Morgan fingerprint density at radius 3 is 1.88 bits per heavy atom. The molecule has 1 saturated heterocycles. The first-order chi connectivity index (χ1) is 12.0. The zero-order valence-electron chi connectivity index (χ0n) is 13.9. The van der Waals surface area contributed by atoms with Crippen LogP contribution in [0.2, 0.25) is 0 Å². The number of piperazine rings is 1. The van der Waals surface area contributed by atoms with Gasteiger partial charge in [-0.2, -0.15) is 0 Å². The number of carbonyl (C=O) groups is 2. The van der Waals surface area contributed by atoms with Gasteiger partial charge < -0.3 is 10.2 Å². The Morgan fingerprint density at radius 2 is 1.40 bits per heavy atom. The summed E-state index contributed by atoms with van der Waals surface area (Å²) in [5.41, 5.74) is 1.43. The lowest BCUT2D eigenvalue weighted by Crippen LogP contribution is -2.45. The van der Waals surface area contributed by atoms with Crippen molar-refractivity contribution in [3.8, 4) is 0 Å². The Kier molecular flexibility index (Phi) is 7.59. The van der Waals surface area contributed by atoms with Crippen LogP contribution in [-0.4, -0.2) is 58.1 Å². The minimum Gasteiger partial charge on any atom is -0.473 e. The normalized spacial score (nSPS) is 15.2. The lowest BCUT2D eigenvalue weighted by molar-refractivity contribution is -0.159. The van der Waals surface area contributed by atoms with Gasteiger partial charge in [0.1, 0.15) is 0 Å². The molecule has 0 saturated carbocycles. The van der Waals surface area contributed by atoms with Gasteiger partial charge in [0.15, 0.2) is 0 Å². The van der Waals surface area contributed by atoms with E-state index in [9.17, 15) is 0 Å². The van der Waals surface area contributed by atoms with Crippen molar-refractivity contribution in [2.45, 2.75) is 13.1 Å². The molecule has 0 aliphatic carbocycles. The van der Waals surface area contributed by atoms with Crippen molar-refractivity contribution in [1.29, 1.82) is 0 Å². The fraction of sp³-hybridized carbons (Fsp3) is 0.333. The molecular weight excluding hydrogens is 340 g/mol. The van der Waals surface area contributed by atoms with E-state index < -0.39 is 11.9 Å². The van der Waals surface area contributed by atoms with Crippen LogP contribution in [0.4, 0.5) is 0 Å². The molecule has 1 aliphatic rings. The van der Waals surface area contributed by atoms with E-state index in [0.717, 1.165) is 13.1 Å². The van der Waals surface area contributed by atoms with Gasteiger partial charge in [-0.1, -0.05) is 36.4 Å². The van der Waals surface area contributed by atoms with E-state index in [1.807, 2.05) is 11.3 Å². The zero-order chi connectivity index (χ0) is 18.1.